The van der Waals surface area contributed by atoms with Crippen molar-refractivity contribution in [2.24, 2.45) is 0 Å². The molecule has 2 aromatic rings. The van der Waals surface area contributed by atoms with Gasteiger partial charge in [0.05, 0.1) is 16.3 Å². The standard InChI is InChI=1S/C11H9FN4S/c1-7-10(17-6-13)11(14)16(15-7)9-4-2-8(12)3-5-9/h2-5H,14H2,1H3. The summed E-state index contributed by atoms with van der Waals surface area (Å²) < 4.78 is 14.3. The quantitative estimate of drug-likeness (QED) is 0.655. The van der Waals surface area contributed by atoms with Gasteiger partial charge in [-0.3, -0.25) is 0 Å². The summed E-state index contributed by atoms with van der Waals surface area (Å²) in [4.78, 5) is 0.636. The number of rotatable bonds is 2. The first-order valence-electron chi connectivity index (χ1n) is 4.80. The molecule has 0 aliphatic carbocycles. The molecule has 0 aliphatic rings. The molecule has 0 saturated carbocycles. The predicted molar refractivity (Wildman–Crippen MR) is 64.1 cm³/mol. The minimum atomic E-state index is -0.317. The van der Waals surface area contributed by atoms with Crippen LogP contribution in [0.5, 0.6) is 0 Å². The zero-order valence-corrected chi connectivity index (χ0v) is 9.83. The highest BCUT2D eigenvalue weighted by Gasteiger charge is 2.14. The van der Waals surface area contributed by atoms with E-state index in [2.05, 4.69) is 5.10 Å². The fourth-order valence-corrected chi connectivity index (χ4v) is 1.95. The lowest BCUT2D eigenvalue weighted by atomic mass is 10.3. The predicted octanol–water partition coefficient (Wildman–Crippen LogP) is 2.48. The van der Waals surface area contributed by atoms with Crippen LogP contribution in [0.2, 0.25) is 0 Å². The van der Waals surface area contributed by atoms with Crippen LogP contribution in [-0.4, -0.2) is 9.78 Å². The number of halogens is 1. The van der Waals surface area contributed by atoms with Crippen molar-refractivity contribution in [1.82, 2.24) is 9.78 Å². The smallest absolute Gasteiger partial charge is 0.142 e. The number of thioether (sulfide) groups is 1. The van der Waals surface area contributed by atoms with Gasteiger partial charge in [-0.05, 0) is 43.0 Å². The average Bonchev–Trinajstić information content (AvgIpc) is 2.59. The summed E-state index contributed by atoms with van der Waals surface area (Å²) in [6.45, 7) is 1.77. The molecule has 4 nitrogen and oxygen atoms in total. The number of aromatic nitrogens is 2. The van der Waals surface area contributed by atoms with Gasteiger partial charge in [-0.2, -0.15) is 10.4 Å². The number of hydrogen-bond donors (Lipinski definition) is 1. The molecule has 2 rings (SSSR count). The van der Waals surface area contributed by atoms with Crippen LogP contribution in [0.15, 0.2) is 29.2 Å². The van der Waals surface area contributed by atoms with E-state index in [-0.39, 0.29) is 5.82 Å². The lowest BCUT2D eigenvalue weighted by Gasteiger charge is -2.03. The van der Waals surface area contributed by atoms with E-state index >= 15 is 0 Å². The second kappa shape index (κ2) is 4.47. The Morgan fingerprint density at radius 1 is 1.41 bits per heavy atom. The fraction of sp³-hybridized carbons (Fsp3) is 0.0909. The second-order valence-electron chi connectivity index (χ2n) is 3.38. The highest BCUT2D eigenvalue weighted by atomic mass is 32.2. The van der Waals surface area contributed by atoms with Crippen molar-refractivity contribution in [2.45, 2.75) is 11.8 Å². The van der Waals surface area contributed by atoms with Crippen LogP contribution < -0.4 is 5.73 Å². The van der Waals surface area contributed by atoms with Crippen molar-refractivity contribution in [3.8, 4) is 11.1 Å². The lowest BCUT2D eigenvalue weighted by molar-refractivity contribution is 0.627. The largest absolute Gasteiger partial charge is 0.383 e. The van der Waals surface area contributed by atoms with Crippen LogP contribution in [0.25, 0.3) is 5.69 Å². The zero-order valence-electron chi connectivity index (χ0n) is 9.01. The summed E-state index contributed by atoms with van der Waals surface area (Å²) in [6.07, 6.45) is 0. The molecule has 1 aromatic heterocycles. The topological polar surface area (TPSA) is 67.6 Å². The zero-order chi connectivity index (χ0) is 12.4. The van der Waals surface area contributed by atoms with Gasteiger partial charge >= 0.3 is 0 Å². The summed E-state index contributed by atoms with van der Waals surface area (Å²) in [5, 5.41) is 14.8. The van der Waals surface area contributed by atoms with Crippen molar-refractivity contribution in [1.29, 1.82) is 5.26 Å². The van der Waals surface area contributed by atoms with Crippen LogP contribution in [-0.2, 0) is 0 Å². The van der Waals surface area contributed by atoms with Gasteiger partial charge < -0.3 is 5.73 Å². The molecule has 1 heterocycles. The van der Waals surface area contributed by atoms with E-state index in [0.717, 1.165) is 11.8 Å². The Labute approximate surface area is 102 Å². The van der Waals surface area contributed by atoms with Gasteiger partial charge in [-0.1, -0.05) is 0 Å². The van der Waals surface area contributed by atoms with Crippen molar-refractivity contribution < 1.29 is 4.39 Å². The number of hydrogen-bond acceptors (Lipinski definition) is 4. The molecule has 0 spiro atoms. The third-order valence-corrected chi connectivity index (χ3v) is 3.06. The highest BCUT2D eigenvalue weighted by molar-refractivity contribution is 8.03. The van der Waals surface area contributed by atoms with Gasteiger partial charge in [-0.25, -0.2) is 9.07 Å². The van der Waals surface area contributed by atoms with Gasteiger partial charge in [-0.15, -0.1) is 0 Å². The highest BCUT2D eigenvalue weighted by Crippen LogP contribution is 2.29. The van der Waals surface area contributed by atoms with Crippen molar-refractivity contribution >= 4 is 17.6 Å². The summed E-state index contributed by atoms with van der Waals surface area (Å²) in [7, 11) is 0. The molecule has 0 amide bonds. The average molecular weight is 248 g/mol. The number of aryl methyl sites for hydroxylation is 1. The number of nitrogen functional groups attached to an aromatic ring is 1. The first-order chi connectivity index (χ1) is 8.13. The molecule has 0 bridgehead atoms. The van der Waals surface area contributed by atoms with Gasteiger partial charge in [0, 0.05) is 0 Å². The molecule has 17 heavy (non-hydrogen) atoms. The monoisotopic (exact) mass is 248 g/mol. The van der Waals surface area contributed by atoms with Crippen LogP contribution in [0.3, 0.4) is 0 Å². The van der Waals surface area contributed by atoms with Crippen molar-refractivity contribution in [2.75, 3.05) is 5.73 Å². The molecule has 6 heteroatoms. The molecule has 86 valence electrons. The molecule has 1 aromatic carbocycles. The maximum Gasteiger partial charge on any atom is 0.142 e. The van der Waals surface area contributed by atoms with E-state index in [0.29, 0.717) is 22.1 Å². The summed E-state index contributed by atoms with van der Waals surface area (Å²) in [5.41, 5.74) is 7.24. The molecule has 2 N–H and O–H groups in total. The molecule has 0 radical (unpaired) electrons. The maximum absolute atomic E-state index is 12.8. The second-order valence-corrected chi connectivity index (χ2v) is 4.18. The Morgan fingerprint density at radius 2 is 2.06 bits per heavy atom. The van der Waals surface area contributed by atoms with Gasteiger partial charge in [0.15, 0.2) is 0 Å². The Bertz CT molecular complexity index is 583. The third-order valence-electron chi connectivity index (χ3n) is 2.26. The van der Waals surface area contributed by atoms with E-state index in [9.17, 15) is 4.39 Å². The van der Waals surface area contributed by atoms with Crippen LogP contribution in [0.4, 0.5) is 10.2 Å². The van der Waals surface area contributed by atoms with Gasteiger partial charge in [0.25, 0.3) is 0 Å². The maximum atomic E-state index is 12.8. The molecular weight excluding hydrogens is 239 g/mol. The molecule has 0 saturated heterocycles. The SMILES string of the molecule is Cc1nn(-c2ccc(F)cc2)c(N)c1SC#N. The minimum Gasteiger partial charge on any atom is -0.383 e. The van der Waals surface area contributed by atoms with Crippen LogP contribution in [0.1, 0.15) is 5.69 Å². The number of thiocyanates is 1. The Hall–Kier alpha value is -2.00. The third kappa shape index (κ3) is 2.10. The van der Waals surface area contributed by atoms with Crippen molar-refractivity contribution in [3.05, 3.63) is 35.8 Å². The van der Waals surface area contributed by atoms with E-state index in [1.165, 1.54) is 16.8 Å². The normalized spacial score (nSPS) is 10.2. The van der Waals surface area contributed by atoms with Crippen LogP contribution in [0, 0.1) is 23.4 Å². The fourth-order valence-electron chi connectivity index (χ4n) is 1.48. The molecular formula is C11H9FN4S. The molecule has 0 unspecified atom stereocenters. The van der Waals surface area contributed by atoms with E-state index < -0.39 is 0 Å². The van der Waals surface area contributed by atoms with E-state index in [1.54, 1.807) is 19.1 Å². The molecule has 0 aliphatic heterocycles. The van der Waals surface area contributed by atoms with Crippen LogP contribution >= 0.6 is 11.8 Å². The van der Waals surface area contributed by atoms with Crippen molar-refractivity contribution in [3.63, 3.8) is 0 Å². The number of nitrogens with zero attached hydrogens (tertiary/aromatic N) is 3. The first kappa shape index (κ1) is 11.5. The Kier molecular flexibility index (Phi) is 3.02. The molecule has 0 atom stereocenters. The number of benzene rings is 1. The Balaban J connectivity index is 2.50. The van der Waals surface area contributed by atoms with E-state index in [4.69, 9.17) is 11.0 Å². The lowest BCUT2D eigenvalue weighted by Crippen LogP contribution is -2.02. The first-order valence-corrected chi connectivity index (χ1v) is 5.62. The van der Waals surface area contributed by atoms with Gasteiger partial charge in [0.2, 0.25) is 0 Å². The minimum absolute atomic E-state index is 0.317. The summed E-state index contributed by atoms with van der Waals surface area (Å²) in [6, 6.07) is 5.84. The Morgan fingerprint density at radius 3 is 2.65 bits per heavy atom. The summed E-state index contributed by atoms with van der Waals surface area (Å²) >= 11 is 0.970. The van der Waals surface area contributed by atoms with E-state index in [1.807, 2.05) is 5.40 Å². The molecule has 0 fully saturated rings. The van der Waals surface area contributed by atoms with Gasteiger partial charge in [0.1, 0.15) is 17.0 Å². The number of nitriles is 1. The summed E-state index contributed by atoms with van der Waals surface area (Å²) in [5.74, 6) is 0.0727. The number of anilines is 1. The number of nitrogens with two attached hydrogens (primary N) is 1.